The Balaban J connectivity index is 1.96. The molecule has 1 aromatic rings. The van der Waals surface area contributed by atoms with Crippen molar-refractivity contribution in [1.82, 2.24) is 15.3 Å². The molecule has 2 fully saturated rings. The number of piperazine rings is 1. The summed E-state index contributed by atoms with van der Waals surface area (Å²) in [5, 5.41) is 3.32. The van der Waals surface area contributed by atoms with E-state index < -0.39 is 0 Å². The predicted octanol–water partition coefficient (Wildman–Crippen LogP) is 1.25. The molecule has 1 N–H and O–H groups in total. The molecule has 0 radical (unpaired) electrons. The van der Waals surface area contributed by atoms with Gasteiger partial charge in [0.25, 0.3) is 0 Å². The summed E-state index contributed by atoms with van der Waals surface area (Å²) in [6.07, 6.45) is 2.28. The van der Waals surface area contributed by atoms with Gasteiger partial charge >= 0.3 is 0 Å². The fraction of sp³-hybridized carbons (Fsp3) is 0.583. The maximum Gasteiger partial charge on any atom is 0.239 e. The van der Waals surface area contributed by atoms with Crippen LogP contribution in [-0.2, 0) is 4.79 Å². The Morgan fingerprint density at radius 2 is 2.17 bits per heavy atom. The van der Waals surface area contributed by atoms with Crippen molar-refractivity contribution in [3.63, 3.8) is 0 Å². The van der Waals surface area contributed by atoms with E-state index in [4.69, 9.17) is 11.6 Å². The van der Waals surface area contributed by atoms with Gasteiger partial charge in [-0.2, -0.15) is 0 Å². The zero-order chi connectivity index (χ0) is 12.7. The molecule has 0 unspecified atom stereocenters. The van der Waals surface area contributed by atoms with Crippen molar-refractivity contribution in [2.45, 2.75) is 25.7 Å². The van der Waals surface area contributed by atoms with Crippen LogP contribution < -0.4 is 10.2 Å². The summed E-state index contributed by atoms with van der Waals surface area (Å²) in [6.45, 7) is 3.67. The highest BCUT2D eigenvalue weighted by Crippen LogP contribution is 2.39. The van der Waals surface area contributed by atoms with Crippen LogP contribution in [-0.4, -0.2) is 35.5 Å². The number of carbonyl (C=O) groups is 1. The number of nitrogens with zero attached hydrogens (tertiary/aromatic N) is 3. The predicted molar refractivity (Wildman–Crippen MR) is 69.0 cm³/mol. The van der Waals surface area contributed by atoms with Gasteiger partial charge in [-0.15, -0.1) is 0 Å². The number of amides is 1. The van der Waals surface area contributed by atoms with E-state index in [2.05, 4.69) is 15.3 Å². The van der Waals surface area contributed by atoms with Crippen molar-refractivity contribution >= 4 is 23.3 Å². The van der Waals surface area contributed by atoms with E-state index in [1.165, 1.54) is 0 Å². The van der Waals surface area contributed by atoms with Gasteiger partial charge in [-0.3, -0.25) is 4.79 Å². The molecule has 1 aliphatic heterocycles. The molecule has 1 saturated carbocycles. The number of rotatable bonds is 2. The van der Waals surface area contributed by atoms with E-state index in [9.17, 15) is 4.79 Å². The standard InChI is InChI=1S/C12H15ClN4O/c1-7-10(13)15-11(8-2-3-8)16-12(7)17-5-4-14-9(18)6-17/h8H,2-6H2,1H3,(H,14,18). The summed E-state index contributed by atoms with van der Waals surface area (Å²) in [5.41, 5.74) is 0.857. The van der Waals surface area contributed by atoms with Crippen LogP contribution in [0.4, 0.5) is 5.82 Å². The quantitative estimate of drug-likeness (QED) is 0.819. The lowest BCUT2D eigenvalue weighted by Crippen LogP contribution is -2.48. The first kappa shape index (κ1) is 11.7. The number of hydrogen-bond acceptors (Lipinski definition) is 4. The highest BCUT2D eigenvalue weighted by molar-refractivity contribution is 6.30. The third kappa shape index (κ3) is 2.14. The average Bonchev–Trinajstić information content (AvgIpc) is 3.16. The molecule has 2 heterocycles. The third-order valence-electron chi connectivity index (χ3n) is 3.36. The summed E-state index contributed by atoms with van der Waals surface area (Å²) in [4.78, 5) is 22.4. The Bertz CT molecular complexity index is 501. The monoisotopic (exact) mass is 266 g/mol. The molecule has 3 rings (SSSR count). The molecule has 5 nitrogen and oxygen atoms in total. The smallest absolute Gasteiger partial charge is 0.239 e. The van der Waals surface area contributed by atoms with E-state index >= 15 is 0 Å². The summed E-state index contributed by atoms with van der Waals surface area (Å²) < 4.78 is 0. The van der Waals surface area contributed by atoms with E-state index in [1.807, 2.05) is 11.8 Å². The summed E-state index contributed by atoms with van der Waals surface area (Å²) >= 11 is 6.17. The number of nitrogens with one attached hydrogen (secondary N) is 1. The number of aromatic nitrogens is 2. The summed E-state index contributed by atoms with van der Waals surface area (Å²) in [7, 11) is 0. The largest absolute Gasteiger partial charge is 0.353 e. The van der Waals surface area contributed by atoms with Crippen molar-refractivity contribution in [3.8, 4) is 0 Å². The van der Waals surface area contributed by atoms with Crippen LogP contribution in [0.3, 0.4) is 0 Å². The van der Waals surface area contributed by atoms with Crippen LogP contribution in [0.2, 0.25) is 5.15 Å². The second-order valence-electron chi connectivity index (χ2n) is 4.87. The van der Waals surface area contributed by atoms with Crippen LogP contribution in [0.1, 0.15) is 30.1 Å². The van der Waals surface area contributed by atoms with Gasteiger partial charge in [0.05, 0.1) is 6.54 Å². The van der Waals surface area contributed by atoms with Gasteiger partial charge in [0.1, 0.15) is 16.8 Å². The zero-order valence-electron chi connectivity index (χ0n) is 10.2. The van der Waals surface area contributed by atoms with Crippen molar-refractivity contribution in [3.05, 3.63) is 16.5 Å². The molecular formula is C12H15ClN4O. The minimum absolute atomic E-state index is 0.0309. The maximum absolute atomic E-state index is 11.4. The van der Waals surface area contributed by atoms with Gasteiger partial charge in [-0.25, -0.2) is 9.97 Å². The first-order valence-corrected chi connectivity index (χ1v) is 6.58. The molecule has 1 amide bonds. The summed E-state index contributed by atoms with van der Waals surface area (Å²) in [5.74, 6) is 2.13. The van der Waals surface area contributed by atoms with Crippen LogP contribution in [0.15, 0.2) is 0 Å². The fourth-order valence-electron chi connectivity index (χ4n) is 2.15. The Morgan fingerprint density at radius 1 is 1.39 bits per heavy atom. The molecule has 1 aliphatic carbocycles. The normalized spacial score (nSPS) is 19.9. The van der Waals surface area contributed by atoms with Gasteiger partial charge in [0.15, 0.2) is 0 Å². The first-order valence-electron chi connectivity index (χ1n) is 6.21. The minimum Gasteiger partial charge on any atom is -0.353 e. The highest BCUT2D eigenvalue weighted by atomic mass is 35.5. The third-order valence-corrected chi connectivity index (χ3v) is 3.73. The molecule has 1 aromatic heterocycles. The van der Waals surface area contributed by atoms with Gasteiger partial charge in [0, 0.05) is 24.6 Å². The lowest BCUT2D eigenvalue weighted by Gasteiger charge is -2.29. The van der Waals surface area contributed by atoms with Crippen molar-refractivity contribution in [2.24, 2.45) is 0 Å². The fourth-order valence-corrected chi connectivity index (χ4v) is 2.32. The van der Waals surface area contributed by atoms with Crippen molar-refractivity contribution < 1.29 is 4.79 Å². The minimum atomic E-state index is 0.0309. The Morgan fingerprint density at radius 3 is 2.83 bits per heavy atom. The van der Waals surface area contributed by atoms with Crippen LogP contribution in [0, 0.1) is 6.92 Å². The lowest BCUT2D eigenvalue weighted by atomic mass is 10.2. The van der Waals surface area contributed by atoms with Crippen LogP contribution >= 0.6 is 11.6 Å². The number of hydrogen-bond donors (Lipinski definition) is 1. The van der Waals surface area contributed by atoms with Gasteiger partial charge < -0.3 is 10.2 Å². The molecule has 0 bridgehead atoms. The van der Waals surface area contributed by atoms with E-state index in [1.54, 1.807) is 0 Å². The topological polar surface area (TPSA) is 58.1 Å². The van der Waals surface area contributed by atoms with Crippen molar-refractivity contribution in [1.29, 1.82) is 0 Å². The van der Waals surface area contributed by atoms with Crippen molar-refractivity contribution in [2.75, 3.05) is 24.5 Å². The maximum atomic E-state index is 11.4. The van der Waals surface area contributed by atoms with Crippen LogP contribution in [0.25, 0.3) is 0 Å². The van der Waals surface area contributed by atoms with Gasteiger partial charge in [-0.05, 0) is 19.8 Å². The number of halogens is 1. The highest BCUT2D eigenvalue weighted by Gasteiger charge is 2.29. The average molecular weight is 267 g/mol. The molecule has 18 heavy (non-hydrogen) atoms. The number of anilines is 1. The molecule has 1 saturated heterocycles. The second kappa shape index (κ2) is 4.39. The Labute approximate surface area is 111 Å². The van der Waals surface area contributed by atoms with Crippen LogP contribution in [0.5, 0.6) is 0 Å². The van der Waals surface area contributed by atoms with E-state index in [0.717, 1.165) is 36.6 Å². The van der Waals surface area contributed by atoms with Gasteiger partial charge in [0.2, 0.25) is 5.91 Å². The molecule has 2 aliphatic rings. The Kier molecular flexibility index (Phi) is 2.86. The molecule has 96 valence electrons. The molecule has 0 spiro atoms. The lowest BCUT2D eigenvalue weighted by molar-refractivity contribution is -0.120. The molecule has 0 aromatic carbocycles. The molecular weight excluding hydrogens is 252 g/mol. The second-order valence-corrected chi connectivity index (χ2v) is 5.23. The first-order chi connectivity index (χ1) is 8.65. The zero-order valence-corrected chi connectivity index (χ0v) is 11.0. The molecule has 6 heteroatoms. The van der Waals surface area contributed by atoms with E-state index in [-0.39, 0.29) is 5.91 Å². The SMILES string of the molecule is Cc1c(Cl)nc(C2CC2)nc1N1CCNC(=O)C1. The Hall–Kier alpha value is -1.36. The van der Waals surface area contributed by atoms with E-state index in [0.29, 0.717) is 24.2 Å². The van der Waals surface area contributed by atoms with Gasteiger partial charge in [-0.1, -0.05) is 11.6 Å². The summed E-state index contributed by atoms with van der Waals surface area (Å²) in [6, 6.07) is 0. The number of carbonyl (C=O) groups excluding carboxylic acids is 1. The molecule has 0 atom stereocenters.